The van der Waals surface area contributed by atoms with Crippen LogP contribution < -0.4 is 5.56 Å². The van der Waals surface area contributed by atoms with Crippen LogP contribution in [0.5, 0.6) is 0 Å². The maximum absolute atomic E-state index is 12.5. The molecule has 3 aromatic rings. The molecule has 0 radical (unpaired) electrons. The van der Waals surface area contributed by atoms with Crippen LogP contribution >= 0.6 is 12.2 Å². The van der Waals surface area contributed by atoms with Gasteiger partial charge in [0.05, 0.1) is 23.8 Å². The van der Waals surface area contributed by atoms with Gasteiger partial charge in [0, 0.05) is 12.1 Å². The van der Waals surface area contributed by atoms with Crippen molar-refractivity contribution in [1.82, 2.24) is 14.5 Å². The van der Waals surface area contributed by atoms with Gasteiger partial charge in [0.2, 0.25) is 0 Å². The number of nitrogens with one attached hydrogen (secondary N) is 1. The zero-order chi connectivity index (χ0) is 18.7. The first kappa shape index (κ1) is 18.0. The number of aryl methyl sites for hydroxylation is 1. The van der Waals surface area contributed by atoms with Crippen LogP contribution in [0.25, 0.3) is 22.3 Å². The second-order valence-corrected chi connectivity index (χ2v) is 6.26. The van der Waals surface area contributed by atoms with Crippen molar-refractivity contribution in [3.8, 4) is 11.3 Å². The standard InChI is InChI=1S/C19H19N3O3S/c1-3-4-10-22-16-15(17(23)21-19(22)26)13(18(24)25-2)11-14(20-16)12-8-6-5-7-9-12/h5-9,11H,3-4,10H2,1-2H3,(H,21,23,26). The molecule has 0 unspecified atom stereocenters. The molecule has 0 spiro atoms. The SMILES string of the molecule is CCCCn1c(=S)[nH]c(=O)c2c(C(=O)OC)cc(-c3ccccc3)nc21. The molecule has 0 aliphatic carbocycles. The van der Waals surface area contributed by atoms with Crippen LogP contribution in [0.2, 0.25) is 0 Å². The number of carbonyl (C=O) groups excluding carboxylic acids is 1. The van der Waals surface area contributed by atoms with Gasteiger partial charge in [-0.25, -0.2) is 9.78 Å². The molecule has 0 amide bonds. The first-order valence-electron chi connectivity index (χ1n) is 8.38. The average Bonchev–Trinajstić information content (AvgIpc) is 2.67. The summed E-state index contributed by atoms with van der Waals surface area (Å²) in [5.74, 6) is -0.584. The fourth-order valence-corrected chi connectivity index (χ4v) is 3.10. The number of H-pyrrole nitrogens is 1. The maximum atomic E-state index is 12.5. The van der Waals surface area contributed by atoms with Crippen LogP contribution in [0.3, 0.4) is 0 Å². The molecule has 7 heteroatoms. The van der Waals surface area contributed by atoms with Gasteiger partial charge in [0.25, 0.3) is 5.56 Å². The zero-order valence-corrected chi connectivity index (χ0v) is 15.4. The van der Waals surface area contributed by atoms with E-state index in [4.69, 9.17) is 17.0 Å². The summed E-state index contributed by atoms with van der Waals surface area (Å²) in [4.78, 5) is 32.2. The number of hydrogen-bond donors (Lipinski definition) is 1. The molecule has 0 atom stereocenters. The monoisotopic (exact) mass is 369 g/mol. The van der Waals surface area contributed by atoms with Gasteiger partial charge in [0.15, 0.2) is 4.77 Å². The van der Waals surface area contributed by atoms with Crippen molar-refractivity contribution >= 4 is 29.2 Å². The van der Waals surface area contributed by atoms with Gasteiger partial charge in [0.1, 0.15) is 5.65 Å². The molecule has 0 saturated carbocycles. The molecule has 134 valence electrons. The van der Waals surface area contributed by atoms with Gasteiger partial charge in [-0.05, 0) is 24.7 Å². The van der Waals surface area contributed by atoms with Crippen molar-refractivity contribution in [3.63, 3.8) is 0 Å². The number of aromatic nitrogens is 3. The highest BCUT2D eigenvalue weighted by molar-refractivity contribution is 7.71. The van der Waals surface area contributed by atoms with Crippen LogP contribution in [0.4, 0.5) is 0 Å². The zero-order valence-electron chi connectivity index (χ0n) is 14.6. The number of ether oxygens (including phenoxy) is 1. The van der Waals surface area contributed by atoms with E-state index in [-0.39, 0.29) is 10.9 Å². The van der Waals surface area contributed by atoms with Gasteiger partial charge in [-0.2, -0.15) is 0 Å². The fraction of sp³-hybridized carbons (Fsp3) is 0.263. The number of nitrogens with zero attached hydrogens (tertiary/aromatic N) is 2. The Balaban J connectivity index is 2.41. The third-order valence-corrected chi connectivity index (χ3v) is 4.48. The molecule has 1 N–H and O–H groups in total. The summed E-state index contributed by atoms with van der Waals surface area (Å²) < 4.78 is 6.95. The first-order chi connectivity index (χ1) is 12.6. The Bertz CT molecular complexity index is 1070. The summed E-state index contributed by atoms with van der Waals surface area (Å²) in [6.07, 6.45) is 1.84. The smallest absolute Gasteiger partial charge is 0.338 e. The number of esters is 1. The Hall–Kier alpha value is -2.80. The highest BCUT2D eigenvalue weighted by Crippen LogP contribution is 2.24. The average molecular weight is 369 g/mol. The minimum atomic E-state index is -0.584. The largest absolute Gasteiger partial charge is 0.465 e. The quantitative estimate of drug-likeness (QED) is 0.548. The van der Waals surface area contributed by atoms with Crippen LogP contribution in [0, 0.1) is 4.77 Å². The van der Waals surface area contributed by atoms with Crippen molar-refractivity contribution in [1.29, 1.82) is 0 Å². The van der Waals surface area contributed by atoms with E-state index in [2.05, 4.69) is 16.9 Å². The van der Waals surface area contributed by atoms with Crippen molar-refractivity contribution < 1.29 is 9.53 Å². The molecule has 6 nitrogen and oxygen atoms in total. The molecule has 2 aromatic heterocycles. The summed E-state index contributed by atoms with van der Waals surface area (Å²) in [5.41, 5.74) is 1.56. The Morgan fingerprint density at radius 1 is 1.31 bits per heavy atom. The minimum Gasteiger partial charge on any atom is -0.465 e. The van der Waals surface area contributed by atoms with Crippen LogP contribution in [-0.4, -0.2) is 27.6 Å². The number of carbonyl (C=O) groups is 1. The number of unbranched alkanes of at least 4 members (excludes halogenated alkanes) is 1. The Labute approximate surface area is 155 Å². The van der Waals surface area contributed by atoms with Crippen LogP contribution in [0.1, 0.15) is 30.1 Å². The minimum absolute atomic E-state index is 0.179. The Morgan fingerprint density at radius 2 is 2.04 bits per heavy atom. The lowest BCUT2D eigenvalue weighted by atomic mass is 10.1. The van der Waals surface area contributed by atoms with E-state index in [1.54, 1.807) is 10.6 Å². The number of benzene rings is 1. The maximum Gasteiger partial charge on any atom is 0.338 e. The van der Waals surface area contributed by atoms with E-state index in [0.717, 1.165) is 18.4 Å². The van der Waals surface area contributed by atoms with Crippen molar-refractivity contribution in [3.05, 3.63) is 57.1 Å². The third kappa shape index (κ3) is 3.30. The number of methoxy groups -OCH3 is 1. The molecule has 0 fully saturated rings. The molecule has 0 bridgehead atoms. The number of fused-ring (bicyclic) bond motifs is 1. The predicted molar refractivity (Wildman–Crippen MR) is 103 cm³/mol. The van der Waals surface area contributed by atoms with Crippen molar-refractivity contribution in [2.24, 2.45) is 0 Å². The number of aromatic amines is 1. The molecule has 2 heterocycles. The van der Waals surface area contributed by atoms with Gasteiger partial charge >= 0.3 is 5.97 Å². The van der Waals surface area contributed by atoms with Crippen molar-refractivity contribution in [2.75, 3.05) is 7.11 Å². The Kier molecular flexibility index (Phi) is 5.27. The van der Waals surface area contributed by atoms with E-state index in [9.17, 15) is 9.59 Å². The lowest BCUT2D eigenvalue weighted by Gasteiger charge is -2.13. The van der Waals surface area contributed by atoms with Gasteiger partial charge in [-0.1, -0.05) is 43.7 Å². The van der Waals surface area contributed by atoms with E-state index in [0.29, 0.717) is 22.7 Å². The predicted octanol–water partition coefficient (Wildman–Crippen LogP) is 3.71. The summed E-state index contributed by atoms with van der Waals surface area (Å²) in [6, 6.07) is 11.1. The fourth-order valence-electron chi connectivity index (χ4n) is 2.83. The molecular formula is C19H19N3O3S. The van der Waals surface area contributed by atoms with Crippen LogP contribution in [-0.2, 0) is 11.3 Å². The number of hydrogen-bond acceptors (Lipinski definition) is 5. The van der Waals surface area contributed by atoms with E-state index in [1.165, 1.54) is 7.11 Å². The van der Waals surface area contributed by atoms with Crippen molar-refractivity contribution in [2.45, 2.75) is 26.3 Å². The van der Waals surface area contributed by atoms with Gasteiger partial charge in [-0.15, -0.1) is 0 Å². The summed E-state index contributed by atoms with van der Waals surface area (Å²) in [6.45, 7) is 2.68. The highest BCUT2D eigenvalue weighted by atomic mass is 32.1. The summed E-state index contributed by atoms with van der Waals surface area (Å²) in [7, 11) is 1.29. The number of rotatable bonds is 5. The summed E-state index contributed by atoms with van der Waals surface area (Å²) >= 11 is 5.33. The Morgan fingerprint density at radius 3 is 2.69 bits per heavy atom. The third-order valence-electron chi connectivity index (χ3n) is 4.16. The molecule has 1 aromatic carbocycles. The molecule has 3 rings (SSSR count). The van der Waals surface area contributed by atoms with Gasteiger partial charge in [-0.3, -0.25) is 9.78 Å². The van der Waals surface area contributed by atoms with E-state index >= 15 is 0 Å². The topological polar surface area (TPSA) is 77.0 Å². The molecule has 26 heavy (non-hydrogen) atoms. The first-order valence-corrected chi connectivity index (χ1v) is 8.79. The molecule has 0 saturated heterocycles. The van der Waals surface area contributed by atoms with Gasteiger partial charge < -0.3 is 9.30 Å². The second-order valence-electron chi connectivity index (χ2n) is 5.88. The second kappa shape index (κ2) is 7.61. The lowest BCUT2D eigenvalue weighted by Crippen LogP contribution is -2.19. The summed E-state index contributed by atoms with van der Waals surface area (Å²) in [5, 5.41) is 0.196. The highest BCUT2D eigenvalue weighted by Gasteiger charge is 2.19. The normalized spacial score (nSPS) is 10.8. The van der Waals surface area contributed by atoms with Crippen LogP contribution in [0.15, 0.2) is 41.2 Å². The van der Waals surface area contributed by atoms with E-state index < -0.39 is 11.5 Å². The molecular weight excluding hydrogens is 350 g/mol. The number of pyridine rings is 1. The molecule has 0 aliphatic rings. The lowest BCUT2D eigenvalue weighted by molar-refractivity contribution is 0.0603. The van der Waals surface area contributed by atoms with E-state index in [1.807, 2.05) is 30.3 Å². The molecule has 0 aliphatic heterocycles.